The highest BCUT2D eigenvalue weighted by Crippen LogP contribution is 2.27. The summed E-state index contributed by atoms with van der Waals surface area (Å²) in [6.45, 7) is 8.54. The molecule has 1 N–H and O–H groups in total. The van der Waals surface area contributed by atoms with E-state index in [2.05, 4.69) is 51.2 Å². The maximum absolute atomic E-state index is 9.16. The first-order valence-electron chi connectivity index (χ1n) is 6.86. The lowest BCUT2D eigenvalue weighted by Crippen LogP contribution is -2.11. The van der Waals surface area contributed by atoms with Gasteiger partial charge in [-0.1, -0.05) is 29.8 Å². The fraction of sp³-hybridized carbons (Fsp3) is 0.278. The Morgan fingerprint density at radius 1 is 1.05 bits per heavy atom. The Morgan fingerprint density at radius 2 is 1.65 bits per heavy atom. The molecule has 0 bridgehead atoms. The normalized spacial score (nSPS) is 11.8. The lowest BCUT2D eigenvalue weighted by Gasteiger charge is -2.21. The van der Waals surface area contributed by atoms with Crippen LogP contribution in [0.1, 0.15) is 40.8 Å². The number of benzene rings is 2. The molecule has 2 rings (SSSR count). The average Bonchev–Trinajstić information content (AvgIpc) is 2.38. The third-order valence-electron chi connectivity index (χ3n) is 3.59. The zero-order valence-corrected chi connectivity index (χ0v) is 12.5. The zero-order valence-electron chi connectivity index (χ0n) is 12.5. The summed E-state index contributed by atoms with van der Waals surface area (Å²) in [4.78, 5) is 0. The van der Waals surface area contributed by atoms with Crippen LogP contribution in [0.4, 0.5) is 5.69 Å². The Labute approximate surface area is 121 Å². The van der Waals surface area contributed by atoms with Gasteiger partial charge in [-0.3, -0.25) is 0 Å². The van der Waals surface area contributed by atoms with E-state index in [0.717, 1.165) is 5.69 Å². The molecular weight excluding hydrogens is 244 g/mol. The van der Waals surface area contributed by atoms with Crippen molar-refractivity contribution in [2.75, 3.05) is 5.32 Å². The average molecular weight is 264 g/mol. The van der Waals surface area contributed by atoms with Crippen molar-refractivity contribution in [3.63, 3.8) is 0 Å². The van der Waals surface area contributed by atoms with Crippen LogP contribution in [0.15, 0.2) is 36.4 Å². The number of nitriles is 1. The molecule has 0 aliphatic rings. The topological polar surface area (TPSA) is 35.8 Å². The number of aryl methyl sites for hydroxylation is 3. The summed E-state index contributed by atoms with van der Waals surface area (Å²) in [5.74, 6) is 0. The predicted octanol–water partition coefficient (Wildman–Crippen LogP) is 4.66. The minimum atomic E-state index is 0.171. The van der Waals surface area contributed by atoms with E-state index in [1.807, 2.05) is 24.3 Å². The van der Waals surface area contributed by atoms with Crippen molar-refractivity contribution in [3.8, 4) is 6.07 Å². The van der Waals surface area contributed by atoms with Gasteiger partial charge in [-0.25, -0.2) is 0 Å². The third kappa shape index (κ3) is 2.83. The summed E-state index contributed by atoms with van der Waals surface area (Å²) in [6, 6.07) is 14.4. The highest BCUT2D eigenvalue weighted by Gasteiger charge is 2.13. The van der Waals surface area contributed by atoms with Crippen molar-refractivity contribution in [1.82, 2.24) is 0 Å². The largest absolute Gasteiger partial charge is 0.377 e. The highest BCUT2D eigenvalue weighted by atomic mass is 14.9. The van der Waals surface area contributed by atoms with Gasteiger partial charge in [-0.2, -0.15) is 5.26 Å². The van der Waals surface area contributed by atoms with Gasteiger partial charge in [0.05, 0.1) is 11.3 Å². The van der Waals surface area contributed by atoms with Crippen molar-refractivity contribution < 1.29 is 0 Å². The Morgan fingerprint density at radius 3 is 2.25 bits per heavy atom. The monoisotopic (exact) mass is 264 g/mol. The van der Waals surface area contributed by atoms with Crippen LogP contribution in [-0.2, 0) is 0 Å². The molecule has 0 heterocycles. The van der Waals surface area contributed by atoms with E-state index < -0.39 is 0 Å². The number of para-hydroxylation sites is 1. The van der Waals surface area contributed by atoms with Crippen molar-refractivity contribution in [2.45, 2.75) is 33.7 Å². The molecule has 0 fully saturated rings. The molecule has 2 heteroatoms. The number of rotatable bonds is 3. The van der Waals surface area contributed by atoms with E-state index in [4.69, 9.17) is 5.26 Å². The van der Waals surface area contributed by atoms with Crippen LogP contribution in [0.25, 0.3) is 0 Å². The SMILES string of the molecule is Cc1cc(C)c(C(C)Nc2ccccc2C#N)c(C)c1. The van der Waals surface area contributed by atoms with Crippen LogP contribution >= 0.6 is 0 Å². The number of nitrogens with one attached hydrogen (secondary N) is 1. The van der Waals surface area contributed by atoms with Crippen LogP contribution in [0.3, 0.4) is 0 Å². The van der Waals surface area contributed by atoms with Gasteiger partial charge in [0.2, 0.25) is 0 Å². The van der Waals surface area contributed by atoms with Crippen LogP contribution < -0.4 is 5.32 Å². The Hall–Kier alpha value is -2.27. The molecule has 2 aromatic carbocycles. The van der Waals surface area contributed by atoms with Crippen LogP contribution in [0.5, 0.6) is 0 Å². The van der Waals surface area contributed by atoms with Crippen molar-refractivity contribution in [3.05, 3.63) is 64.2 Å². The van der Waals surface area contributed by atoms with Gasteiger partial charge >= 0.3 is 0 Å². The van der Waals surface area contributed by atoms with Crippen LogP contribution in [0.2, 0.25) is 0 Å². The number of anilines is 1. The van der Waals surface area contributed by atoms with Crippen molar-refractivity contribution in [2.24, 2.45) is 0 Å². The van der Waals surface area contributed by atoms with Gasteiger partial charge in [-0.15, -0.1) is 0 Å². The summed E-state index contributed by atoms with van der Waals surface area (Å²) in [5.41, 5.74) is 6.74. The molecule has 0 aliphatic heterocycles. The van der Waals surface area contributed by atoms with Gasteiger partial charge in [-0.05, 0) is 56.5 Å². The van der Waals surface area contributed by atoms with E-state index in [9.17, 15) is 0 Å². The minimum Gasteiger partial charge on any atom is -0.377 e. The molecule has 1 unspecified atom stereocenters. The summed E-state index contributed by atoms with van der Waals surface area (Å²) < 4.78 is 0. The zero-order chi connectivity index (χ0) is 14.7. The maximum atomic E-state index is 9.16. The molecule has 2 aromatic rings. The van der Waals surface area contributed by atoms with E-state index in [1.54, 1.807) is 0 Å². The smallest absolute Gasteiger partial charge is 0.101 e. The fourth-order valence-corrected chi connectivity index (χ4v) is 2.89. The highest BCUT2D eigenvalue weighted by molar-refractivity contribution is 5.58. The summed E-state index contributed by atoms with van der Waals surface area (Å²) in [5, 5.41) is 12.6. The summed E-state index contributed by atoms with van der Waals surface area (Å²) in [6.07, 6.45) is 0. The molecule has 0 saturated heterocycles. The first-order chi connectivity index (χ1) is 9.52. The van der Waals surface area contributed by atoms with Crippen molar-refractivity contribution in [1.29, 1.82) is 5.26 Å². The van der Waals surface area contributed by atoms with E-state index in [1.165, 1.54) is 22.3 Å². The molecule has 0 aliphatic carbocycles. The molecule has 2 nitrogen and oxygen atoms in total. The molecule has 1 atom stereocenters. The minimum absolute atomic E-state index is 0.171. The van der Waals surface area contributed by atoms with E-state index in [-0.39, 0.29) is 6.04 Å². The van der Waals surface area contributed by atoms with Crippen LogP contribution in [-0.4, -0.2) is 0 Å². The number of hydrogen-bond acceptors (Lipinski definition) is 2. The lowest BCUT2D eigenvalue weighted by atomic mass is 9.94. The Kier molecular flexibility index (Phi) is 4.10. The Bertz CT molecular complexity index is 642. The molecule has 20 heavy (non-hydrogen) atoms. The molecule has 0 amide bonds. The molecule has 0 radical (unpaired) electrons. The molecule has 0 spiro atoms. The number of hydrogen-bond donors (Lipinski definition) is 1. The quantitative estimate of drug-likeness (QED) is 0.875. The first kappa shape index (κ1) is 14.1. The number of nitrogens with zero attached hydrogens (tertiary/aromatic N) is 1. The lowest BCUT2D eigenvalue weighted by molar-refractivity contribution is 0.861. The van der Waals surface area contributed by atoms with Gasteiger partial charge in [0.15, 0.2) is 0 Å². The van der Waals surface area contributed by atoms with Gasteiger partial charge < -0.3 is 5.32 Å². The second kappa shape index (κ2) is 5.79. The van der Waals surface area contributed by atoms with Gasteiger partial charge in [0.1, 0.15) is 6.07 Å². The van der Waals surface area contributed by atoms with Gasteiger partial charge in [0, 0.05) is 6.04 Å². The van der Waals surface area contributed by atoms with Gasteiger partial charge in [0.25, 0.3) is 0 Å². The molecule has 102 valence electrons. The molecule has 0 saturated carbocycles. The molecular formula is C18H20N2. The summed E-state index contributed by atoms with van der Waals surface area (Å²) in [7, 11) is 0. The second-order valence-corrected chi connectivity index (χ2v) is 5.34. The fourth-order valence-electron chi connectivity index (χ4n) is 2.89. The Balaban J connectivity index is 2.34. The van der Waals surface area contributed by atoms with Crippen LogP contribution in [0, 0.1) is 32.1 Å². The molecule has 0 aromatic heterocycles. The second-order valence-electron chi connectivity index (χ2n) is 5.34. The summed E-state index contributed by atoms with van der Waals surface area (Å²) >= 11 is 0. The standard InChI is InChI=1S/C18H20N2/c1-12-9-13(2)18(14(3)10-12)15(4)20-17-8-6-5-7-16(17)11-19/h5-10,15,20H,1-4H3. The van der Waals surface area contributed by atoms with Crippen molar-refractivity contribution >= 4 is 5.69 Å². The third-order valence-corrected chi connectivity index (χ3v) is 3.59. The van der Waals surface area contributed by atoms with E-state index in [0.29, 0.717) is 5.56 Å². The predicted molar refractivity (Wildman–Crippen MR) is 83.8 cm³/mol. The maximum Gasteiger partial charge on any atom is 0.101 e. The van der Waals surface area contributed by atoms with E-state index >= 15 is 0 Å². The first-order valence-corrected chi connectivity index (χ1v) is 6.86.